The molecular formula is C8H15NO. The van der Waals surface area contributed by atoms with E-state index < -0.39 is 0 Å². The van der Waals surface area contributed by atoms with E-state index in [1.807, 2.05) is 0 Å². The molecule has 0 radical (unpaired) electrons. The van der Waals surface area contributed by atoms with Crippen LogP contribution in [0.25, 0.3) is 0 Å². The van der Waals surface area contributed by atoms with Crippen LogP contribution in [0.3, 0.4) is 0 Å². The van der Waals surface area contributed by atoms with Gasteiger partial charge in [0.15, 0.2) is 0 Å². The first-order valence-electron chi connectivity index (χ1n) is 4.16. The molecule has 2 rings (SSSR count). The van der Waals surface area contributed by atoms with E-state index in [1.54, 1.807) is 0 Å². The molecule has 0 spiro atoms. The fourth-order valence-electron chi connectivity index (χ4n) is 1.80. The van der Waals surface area contributed by atoms with Crippen molar-refractivity contribution in [2.45, 2.75) is 38.5 Å². The summed E-state index contributed by atoms with van der Waals surface area (Å²) in [4.78, 5) is 2.55. The first-order valence-corrected chi connectivity index (χ1v) is 4.16. The van der Waals surface area contributed by atoms with Gasteiger partial charge in [0.05, 0.1) is 12.7 Å². The Morgan fingerprint density at radius 3 is 2.90 bits per heavy atom. The Balaban J connectivity index is 1.96. The largest absolute Gasteiger partial charge is 0.375 e. The highest BCUT2D eigenvalue weighted by Gasteiger charge is 2.46. The monoisotopic (exact) mass is 141 g/mol. The second kappa shape index (κ2) is 2.21. The van der Waals surface area contributed by atoms with E-state index in [1.165, 1.54) is 6.42 Å². The maximum Gasteiger partial charge on any atom is 0.0747 e. The van der Waals surface area contributed by atoms with E-state index >= 15 is 0 Å². The van der Waals surface area contributed by atoms with E-state index in [2.05, 4.69) is 18.7 Å². The third-order valence-corrected chi connectivity index (χ3v) is 2.47. The van der Waals surface area contributed by atoms with Crippen LogP contribution in [0.1, 0.15) is 20.3 Å². The molecule has 10 heavy (non-hydrogen) atoms. The molecule has 2 fully saturated rings. The van der Waals surface area contributed by atoms with Gasteiger partial charge in [0.1, 0.15) is 0 Å². The molecule has 0 bridgehead atoms. The fourth-order valence-corrected chi connectivity index (χ4v) is 1.80. The zero-order chi connectivity index (χ0) is 7.14. The minimum Gasteiger partial charge on any atom is -0.375 e. The molecule has 2 aliphatic rings. The van der Waals surface area contributed by atoms with Crippen LogP contribution in [0.5, 0.6) is 0 Å². The van der Waals surface area contributed by atoms with Gasteiger partial charge in [-0.15, -0.1) is 0 Å². The number of hydrogen-bond acceptors (Lipinski definition) is 2. The van der Waals surface area contributed by atoms with Crippen molar-refractivity contribution in [1.82, 2.24) is 4.90 Å². The highest BCUT2D eigenvalue weighted by atomic mass is 16.5. The summed E-state index contributed by atoms with van der Waals surface area (Å²) >= 11 is 0. The van der Waals surface area contributed by atoms with Gasteiger partial charge in [0, 0.05) is 18.6 Å². The van der Waals surface area contributed by atoms with Crippen LogP contribution in [0.4, 0.5) is 0 Å². The number of nitrogens with zero attached hydrogens (tertiary/aromatic N) is 1. The molecule has 2 atom stereocenters. The van der Waals surface area contributed by atoms with Crippen molar-refractivity contribution >= 4 is 0 Å². The molecule has 1 aliphatic heterocycles. The predicted molar refractivity (Wildman–Crippen MR) is 40.0 cm³/mol. The lowest BCUT2D eigenvalue weighted by Gasteiger charge is -2.29. The topological polar surface area (TPSA) is 12.5 Å². The van der Waals surface area contributed by atoms with Crippen LogP contribution in [0.15, 0.2) is 0 Å². The lowest BCUT2D eigenvalue weighted by Crippen LogP contribution is -2.41. The van der Waals surface area contributed by atoms with E-state index in [0.29, 0.717) is 12.1 Å². The van der Waals surface area contributed by atoms with Gasteiger partial charge < -0.3 is 4.74 Å². The highest BCUT2D eigenvalue weighted by Crippen LogP contribution is 2.35. The van der Waals surface area contributed by atoms with Gasteiger partial charge in [-0.05, 0) is 20.3 Å². The number of fused-ring (bicyclic) bond motifs is 1. The van der Waals surface area contributed by atoms with Crippen LogP contribution in [0, 0.1) is 0 Å². The SMILES string of the molecule is CC(C)N1CCO[C@@H]2C[C@@H]21. The minimum absolute atomic E-state index is 0.594. The van der Waals surface area contributed by atoms with Gasteiger partial charge in [-0.25, -0.2) is 0 Å². The van der Waals surface area contributed by atoms with Crippen LogP contribution in [-0.4, -0.2) is 36.2 Å². The molecule has 1 heterocycles. The highest BCUT2D eigenvalue weighted by molar-refractivity contribution is 5.00. The quantitative estimate of drug-likeness (QED) is 0.537. The maximum absolute atomic E-state index is 5.49. The van der Waals surface area contributed by atoms with Crippen molar-refractivity contribution in [1.29, 1.82) is 0 Å². The molecule has 0 aromatic rings. The molecule has 0 N–H and O–H groups in total. The van der Waals surface area contributed by atoms with E-state index in [-0.39, 0.29) is 0 Å². The standard InChI is InChI=1S/C8H15NO/c1-6(2)9-3-4-10-8-5-7(8)9/h6-8H,3-5H2,1-2H3/t7-,8+/m0/s1. The molecule has 1 aliphatic carbocycles. The molecule has 0 amide bonds. The lowest BCUT2D eigenvalue weighted by molar-refractivity contribution is 0.0182. The van der Waals surface area contributed by atoms with Gasteiger partial charge in [-0.2, -0.15) is 0 Å². The van der Waals surface area contributed by atoms with Crippen molar-refractivity contribution in [2.75, 3.05) is 13.2 Å². The van der Waals surface area contributed by atoms with Crippen LogP contribution in [-0.2, 0) is 4.74 Å². The number of rotatable bonds is 1. The van der Waals surface area contributed by atoms with E-state index in [0.717, 1.165) is 19.2 Å². The number of morpholine rings is 1. The van der Waals surface area contributed by atoms with Gasteiger partial charge in [-0.1, -0.05) is 0 Å². The molecule has 0 aromatic heterocycles. The second-order valence-electron chi connectivity index (χ2n) is 3.54. The van der Waals surface area contributed by atoms with Crippen LogP contribution < -0.4 is 0 Å². The Kier molecular flexibility index (Phi) is 1.46. The minimum atomic E-state index is 0.594. The lowest BCUT2D eigenvalue weighted by atomic mass is 10.3. The molecular weight excluding hydrogens is 126 g/mol. The van der Waals surface area contributed by atoms with Crippen molar-refractivity contribution in [3.63, 3.8) is 0 Å². The molecule has 2 heteroatoms. The second-order valence-corrected chi connectivity index (χ2v) is 3.54. The Morgan fingerprint density at radius 2 is 2.30 bits per heavy atom. The molecule has 1 saturated carbocycles. The van der Waals surface area contributed by atoms with Crippen molar-refractivity contribution in [3.05, 3.63) is 0 Å². The Hall–Kier alpha value is -0.0800. The number of ether oxygens (including phenoxy) is 1. The van der Waals surface area contributed by atoms with Crippen molar-refractivity contribution in [3.8, 4) is 0 Å². The summed E-state index contributed by atoms with van der Waals surface area (Å²) in [6.07, 6.45) is 1.87. The summed E-state index contributed by atoms with van der Waals surface area (Å²) in [5.41, 5.74) is 0. The molecule has 0 unspecified atom stereocenters. The molecule has 1 saturated heterocycles. The average Bonchev–Trinajstić information content (AvgIpc) is 2.63. The Labute approximate surface area is 62.2 Å². The summed E-state index contributed by atoms with van der Waals surface area (Å²) in [5, 5.41) is 0. The molecule has 58 valence electrons. The summed E-state index contributed by atoms with van der Waals surface area (Å²) in [6.45, 7) is 6.61. The normalized spacial score (nSPS) is 39.9. The van der Waals surface area contributed by atoms with Gasteiger partial charge in [0.2, 0.25) is 0 Å². The van der Waals surface area contributed by atoms with Gasteiger partial charge in [0.25, 0.3) is 0 Å². The third kappa shape index (κ3) is 0.956. The van der Waals surface area contributed by atoms with Crippen LogP contribution >= 0.6 is 0 Å². The summed E-state index contributed by atoms with van der Waals surface area (Å²) in [6, 6.07) is 1.48. The summed E-state index contributed by atoms with van der Waals surface area (Å²) in [5.74, 6) is 0. The Bertz CT molecular complexity index is 135. The first kappa shape index (κ1) is 6.62. The summed E-state index contributed by atoms with van der Waals surface area (Å²) in [7, 11) is 0. The average molecular weight is 141 g/mol. The number of hydrogen-bond donors (Lipinski definition) is 0. The van der Waals surface area contributed by atoms with E-state index in [9.17, 15) is 0 Å². The third-order valence-electron chi connectivity index (χ3n) is 2.47. The molecule has 2 nitrogen and oxygen atoms in total. The van der Waals surface area contributed by atoms with Crippen molar-refractivity contribution < 1.29 is 4.74 Å². The fraction of sp³-hybridized carbons (Fsp3) is 1.00. The zero-order valence-electron chi connectivity index (χ0n) is 6.71. The van der Waals surface area contributed by atoms with Crippen molar-refractivity contribution in [2.24, 2.45) is 0 Å². The predicted octanol–water partition coefficient (Wildman–Crippen LogP) is 0.868. The van der Waals surface area contributed by atoms with E-state index in [4.69, 9.17) is 4.74 Å². The smallest absolute Gasteiger partial charge is 0.0747 e. The molecule has 0 aromatic carbocycles. The first-order chi connectivity index (χ1) is 4.79. The maximum atomic E-state index is 5.49. The Morgan fingerprint density at radius 1 is 1.50 bits per heavy atom. The summed E-state index contributed by atoms with van der Waals surface area (Å²) < 4.78 is 5.49. The van der Waals surface area contributed by atoms with Gasteiger partial charge in [-0.3, -0.25) is 4.90 Å². The zero-order valence-corrected chi connectivity index (χ0v) is 6.71. The van der Waals surface area contributed by atoms with Gasteiger partial charge >= 0.3 is 0 Å². The van der Waals surface area contributed by atoms with Crippen LogP contribution in [0.2, 0.25) is 0 Å².